The van der Waals surface area contributed by atoms with Crippen molar-refractivity contribution in [1.29, 1.82) is 0 Å². The van der Waals surface area contributed by atoms with Crippen LogP contribution in [0, 0.1) is 6.92 Å². The molecule has 0 fully saturated rings. The van der Waals surface area contributed by atoms with Crippen molar-refractivity contribution in [1.82, 2.24) is 0 Å². The lowest BCUT2D eigenvalue weighted by Crippen LogP contribution is -1.96. The van der Waals surface area contributed by atoms with Crippen molar-refractivity contribution >= 4 is 14.5 Å². The quantitative estimate of drug-likeness (QED) is 0.540. The van der Waals surface area contributed by atoms with Crippen LogP contribution in [0.5, 0.6) is 0 Å². The Bertz CT molecular complexity index is 228. The van der Waals surface area contributed by atoms with Crippen LogP contribution in [0.1, 0.15) is 18.1 Å². The van der Waals surface area contributed by atoms with E-state index in [0.717, 1.165) is 6.42 Å². The molecule has 0 saturated heterocycles. The lowest BCUT2D eigenvalue weighted by atomic mass is 10.1. The summed E-state index contributed by atoms with van der Waals surface area (Å²) in [4.78, 5) is 0. The van der Waals surface area contributed by atoms with Crippen molar-refractivity contribution in [3.8, 4) is 0 Å². The summed E-state index contributed by atoms with van der Waals surface area (Å²) < 4.78 is 0. The van der Waals surface area contributed by atoms with E-state index >= 15 is 0 Å². The van der Waals surface area contributed by atoms with Crippen molar-refractivity contribution in [2.75, 3.05) is 0 Å². The van der Waals surface area contributed by atoms with Crippen LogP contribution in [0.2, 0.25) is 0 Å². The Kier molecular flexibility index (Phi) is 2.45. The molecule has 0 aliphatic carbocycles. The van der Waals surface area contributed by atoms with Crippen LogP contribution < -0.4 is 5.30 Å². The largest absolute Gasteiger partial charge is 0.105 e. The molecule has 0 radical (unpaired) electrons. The highest BCUT2D eigenvalue weighted by Crippen LogP contribution is 2.04. The zero-order valence-electron chi connectivity index (χ0n) is 6.52. The molecule has 1 heteroatoms. The van der Waals surface area contributed by atoms with Crippen LogP contribution in [0.25, 0.3) is 0 Å². The summed E-state index contributed by atoms with van der Waals surface area (Å²) in [7, 11) is 2.73. The first-order chi connectivity index (χ1) is 4.74. The molecule has 0 amide bonds. The number of hydrogen-bond donors (Lipinski definition) is 0. The Labute approximate surface area is 64.9 Å². The summed E-state index contributed by atoms with van der Waals surface area (Å²) in [6, 6.07) is 6.57. The summed E-state index contributed by atoms with van der Waals surface area (Å²) in [5.74, 6) is 0. The van der Waals surface area contributed by atoms with Crippen LogP contribution in [0.15, 0.2) is 18.2 Å². The molecule has 0 N–H and O–H groups in total. The van der Waals surface area contributed by atoms with E-state index < -0.39 is 0 Å². The van der Waals surface area contributed by atoms with Crippen LogP contribution in [0.4, 0.5) is 0 Å². The van der Waals surface area contributed by atoms with Crippen molar-refractivity contribution in [3.63, 3.8) is 0 Å². The number of benzene rings is 1. The third kappa shape index (κ3) is 1.58. The third-order valence-corrected chi connectivity index (χ3v) is 2.39. The molecule has 1 unspecified atom stereocenters. The molecule has 1 rings (SSSR count). The number of hydrogen-bond acceptors (Lipinski definition) is 0. The Balaban J connectivity index is 3.04. The van der Waals surface area contributed by atoms with Crippen LogP contribution in [-0.2, 0) is 6.42 Å². The highest BCUT2D eigenvalue weighted by molar-refractivity contribution is 7.27. The molecule has 1 aromatic rings. The summed E-state index contributed by atoms with van der Waals surface area (Å²) in [5, 5.41) is 1.30. The molecule has 54 valence electrons. The summed E-state index contributed by atoms with van der Waals surface area (Å²) in [5.41, 5.74) is 2.79. The molecular weight excluding hydrogens is 139 g/mol. The van der Waals surface area contributed by atoms with E-state index in [1.54, 1.807) is 0 Å². The van der Waals surface area contributed by atoms with Gasteiger partial charge in [0.1, 0.15) is 0 Å². The summed E-state index contributed by atoms with van der Waals surface area (Å²) in [6.07, 6.45) is 1.13. The van der Waals surface area contributed by atoms with Gasteiger partial charge in [0, 0.05) is 0 Å². The van der Waals surface area contributed by atoms with E-state index in [2.05, 4.69) is 41.3 Å². The van der Waals surface area contributed by atoms with Gasteiger partial charge in [-0.25, -0.2) is 0 Å². The molecule has 1 atom stereocenters. The predicted molar refractivity (Wildman–Crippen MR) is 49.9 cm³/mol. The van der Waals surface area contributed by atoms with Crippen LogP contribution in [0.3, 0.4) is 0 Å². The predicted octanol–water partition coefficient (Wildman–Crippen LogP) is 2.06. The van der Waals surface area contributed by atoms with E-state index in [4.69, 9.17) is 0 Å². The molecule has 0 bridgehead atoms. The highest BCUT2D eigenvalue weighted by Gasteiger charge is 1.92. The lowest BCUT2D eigenvalue weighted by molar-refractivity contribution is 1.13. The van der Waals surface area contributed by atoms with Crippen molar-refractivity contribution in [2.45, 2.75) is 20.3 Å². The Morgan fingerprint density at radius 1 is 1.40 bits per heavy atom. The second kappa shape index (κ2) is 3.16. The van der Waals surface area contributed by atoms with Gasteiger partial charge in [-0.3, -0.25) is 0 Å². The minimum atomic E-state index is 1.13. The fraction of sp³-hybridized carbons (Fsp3) is 0.333. The van der Waals surface area contributed by atoms with Gasteiger partial charge in [0.15, 0.2) is 0 Å². The molecule has 0 aliphatic heterocycles. The fourth-order valence-electron chi connectivity index (χ4n) is 0.958. The van der Waals surface area contributed by atoms with Crippen molar-refractivity contribution < 1.29 is 0 Å². The van der Waals surface area contributed by atoms with E-state index in [-0.39, 0.29) is 0 Å². The van der Waals surface area contributed by atoms with Gasteiger partial charge in [-0.2, -0.15) is 0 Å². The maximum absolute atomic E-state index is 2.73. The van der Waals surface area contributed by atoms with E-state index in [0.29, 0.717) is 0 Å². The summed E-state index contributed by atoms with van der Waals surface area (Å²) >= 11 is 0. The van der Waals surface area contributed by atoms with Crippen molar-refractivity contribution in [2.24, 2.45) is 0 Å². The van der Waals surface area contributed by atoms with Gasteiger partial charge in [-0.1, -0.05) is 25.1 Å². The van der Waals surface area contributed by atoms with Gasteiger partial charge in [0.2, 0.25) is 0 Å². The molecule has 0 heterocycles. The first-order valence-corrected chi connectivity index (χ1v) is 4.16. The van der Waals surface area contributed by atoms with Gasteiger partial charge in [0.05, 0.1) is 0 Å². The Hall–Kier alpha value is -0.350. The maximum Gasteiger partial charge on any atom is -0.0273 e. The van der Waals surface area contributed by atoms with Gasteiger partial charge < -0.3 is 0 Å². The molecule has 0 aromatic heterocycles. The van der Waals surface area contributed by atoms with E-state index in [9.17, 15) is 0 Å². The SMILES string of the molecule is CCc1ccc(P)c(C)c1. The van der Waals surface area contributed by atoms with Gasteiger partial charge >= 0.3 is 0 Å². The number of rotatable bonds is 1. The maximum atomic E-state index is 2.73. The zero-order valence-corrected chi connectivity index (χ0v) is 7.67. The molecule has 0 aliphatic rings. The molecule has 1 aromatic carbocycles. The van der Waals surface area contributed by atoms with E-state index in [1.165, 1.54) is 16.4 Å². The standard InChI is InChI=1S/C9H13P/c1-3-8-4-5-9(10)7(2)6-8/h4-6H,3,10H2,1-2H3. The van der Waals surface area contributed by atoms with Gasteiger partial charge in [0.25, 0.3) is 0 Å². The summed E-state index contributed by atoms with van der Waals surface area (Å²) in [6.45, 7) is 4.32. The molecule has 0 saturated carbocycles. The van der Waals surface area contributed by atoms with Crippen LogP contribution >= 0.6 is 9.24 Å². The first-order valence-electron chi connectivity index (χ1n) is 3.59. The lowest BCUT2D eigenvalue weighted by Gasteiger charge is -2.00. The molecular formula is C9H13P. The molecule has 10 heavy (non-hydrogen) atoms. The van der Waals surface area contributed by atoms with E-state index in [1.807, 2.05) is 0 Å². The number of aryl methyl sites for hydroxylation is 2. The van der Waals surface area contributed by atoms with Gasteiger partial charge in [-0.05, 0) is 29.8 Å². The average Bonchev–Trinajstić information content (AvgIpc) is 1.95. The Morgan fingerprint density at radius 2 is 2.10 bits per heavy atom. The minimum absolute atomic E-state index is 1.13. The Morgan fingerprint density at radius 3 is 2.60 bits per heavy atom. The second-order valence-corrected chi connectivity index (χ2v) is 3.17. The monoisotopic (exact) mass is 152 g/mol. The highest BCUT2D eigenvalue weighted by atomic mass is 31.0. The van der Waals surface area contributed by atoms with Gasteiger partial charge in [-0.15, -0.1) is 9.24 Å². The topological polar surface area (TPSA) is 0 Å². The average molecular weight is 152 g/mol. The molecule has 0 spiro atoms. The fourth-order valence-corrected chi connectivity index (χ4v) is 1.14. The third-order valence-electron chi connectivity index (χ3n) is 1.74. The zero-order chi connectivity index (χ0) is 7.56. The second-order valence-electron chi connectivity index (χ2n) is 2.54. The molecule has 0 nitrogen and oxygen atoms in total. The first kappa shape index (κ1) is 7.75. The normalized spacial score (nSPS) is 9.90. The van der Waals surface area contributed by atoms with Crippen LogP contribution in [-0.4, -0.2) is 0 Å². The van der Waals surface area contributed by atoms with Crippen molar-refractivity contribution in [3.05, 3.63) is 29.3 Å². The minimum Gasteiger partial charge on any atom is -0.105 e. The smallest absolute Gasteiger partial charge is 0.0273 e.